The summed E-state index contributed by atoms with van der Waals surface area (Å²) in [5.74, 6) is -1.38. The van der Waals surface area contributed by atoms with Crippen molar-refractivity contribution < 1.29 is 18.8 Å². The first-order chi connectivity index (χ1) is 12.3. The Labute approximate surface area is 148 Å². The summed E-state index contributed by atoms with van der Waals surface area (Å²) in [5.41, 5.74) is 2.03. The number of carbonyl (C=O) groups is 3. The van der Waals surface area contributed by atoms with Crippen LogP contribution in [0.2, 0.25) is 0 Å². The number of aromatic nitrogens is 1. The second kappa shape index (κ2) is 6.79. The topological polar surface area (TPSA) is 98.4 Å². The second-order valence-electron chi connectivity index (χ2n) is 5.88. The van der Waals surface area contributed by atoms with E-state index in [0.717, 1.165) is 0 Å². The highest BCUT2D eigenvalue weighted by Crippen LogP contribution is 2.16. The van der Waals surface area contributed by atoms with Crippen LogP contribution in [0.5, 0.6) is 0 Å². The highest BCUT2D eigenvalue weighted by molar-refractivity contribution is 5.98. The van der Waals surface area contributed by atoms with Gasteiger partial charge < -0.3 is 9.73 Å². The number of carbonyl (C=O) groups excluding carboxylic acids is 3. The van der Waals surface area contributed by atoms with Crippen molar-refractivity contribution in [3.05, 3.63) is 64.1 Å². The van der Waals surface area contributed by atoms with Crippen LogP contribution in [0.1, 0.15) is 34.6 Å². The first kappa shape index (κ1) is 17.3. The van der Waals surface area contributed by atoms with E-state index in [9.17, 15) is 19.2 Å². The molecule has 3 aromatic rings. The van der Waals surface area contributed by atoms with Gasteiger partial charge in [0.2, 0.25) is 5.91 Å². The normalized spacial score (nSPS) is 10.7. The van der Waals surface area contributed by atoms with Crippen LogP contribution in [-0.4, -0.2) is 22.0 Å². The molecule has 3 rings (SSSR count). The standard InChI is InChI=1S/C19H16N2O5/c1-11(22)13-4-3-5-15(8-13)20-18(24)10-21-16-7-6-14(12(2)23)9-17(16)26-19(21)25/h3-9H,10H2,1-2H3,(H,20,24). The Morgan fingerprint density at radius 1 is 1.00 bits per heavy atom. The number of anilines is 1. The molecule has 0 aliphatic carbocycles. The van der Waals surface area contributed by atoms with Crippen molar-refractivity contribution in [1.29, 1.82) is 0 Å². The number of ketones is 2. The summed E-state index contributed by atoms with van der Waals surface area (Å²) >= 11 is 0. The highest BCUT2D eigenvalue weighted by atomic mass is 16.4. The average Bonchev–Trinajstić information content (AvgIpc) is 2.89. The van der Waals surface area contributed by atoms with E-state index < -0.39 is 11.7 Å². The summed E-state index contributed by atoms with van der Waals surface area (Å²) in [6, 6.07) is 11.2. The number of hydrogen-bond donors (Lipinski definition) is 1. The maximum absolute atomic E-state index is 12.3. The van der Waals surface area contributed by atoms with Gasteiger partial charge in [-0.3, -0.25) is 19.0 Å². The minimum atomic E-state index is -0.687. The Bertz CT molecular complexity index is 1090. The lowest BCUT2D eigenvalue weighted by atomic mass is 10.1. The van der Waals surface area contributed by atoms with Gasteiger partial charge in [-0.15, -0.1) is 0 Å². The van der Waals surface area contributed by atoms with E-state index >= 15 is 0 Å². The second-order valence-corrected chi connectivity index (χ2v) is 5.88. The number of fused-ring (bicyclic) bond motifs is 1. The van der Waals surface area contributed by atoms with Gasteiger partial charge >= 0.3 is 5.76 Å². The average molecular weight is 352 g/mol. The van der Waals surface area contributed by atoms with Crippen LogP contribution in [0.3, 0.4) is 0 Å². The quantitative estimate of drug-likeness (QED) is 0.712. The maximum atomic E-state index is 12.3. The Balaban J connectivity index is 1.84. The molecular formula is C19H16N2O5. The van der Waals surface area contributed by atoms with E-state index in [-0.39, 0.29) is 23.7 Å². The fraction of sp³-hybridized carbons (Fsp3) is 0.158. The van der Waals surface area contributed by atoms with Crippen molar-refractivity contribution in [2.24, 2.45) is 0 Å². The van der Waals surface area contributed by atoms with E-state index in [1.165, 1.54) is 24.5 Å². The molecule has 0 bridgehead atoms. The molecule has 7 heteroatoms. The first-order valence-corrected chi connectivity index (χ1v) is 7.90. The van der Waals surface area contributed by atoms with Crippen LogP contribution >= 0.6 is 0 Å². The molecule has 0 aliphatic heterocycles. The smallest absolute Gasteiger partial charge is 0.408 e. The zero-order valence-corrected chi connectivity index (χ0v) is 14.2. The molecule has 0 saturated heterocycles. The summed E-state index contributed by atoms with van der Waals surface area (Å²) in [5, 5.41) is 2.65. The monoisotopic (exact) mass is 352 g/mol. The lowest BCUT2D eigenvalue weighted by Gasteiger charge is -2.07. The van der Waals surface area contributed by atoms with Crippen molar-refractivity contribution in [3.63, 3.8) is 0 Å². The number of nitrogens with one attached hydrogen (secondary N) is 1. The molecule has 1 aromatic heterocycles. The molecule has 0 unspecified atom stereocenters. The van der Waals surface area contributed by atoms with Crippen molar-refractivity contribution in [2.45, 2.75) is 20.4 Å². The molecule has 0 fully saturated rings. The molecule has 132 valence electrons. The SMILES string of the molecule is CC(=O)c1cccc(NC(=O)Cn2c(=O)oc3cc(C(C)=O)ccc32)c1. The summed E-state index contributed by atoms with van der Waals surface area (Å²) in [6.45, 7) is 2.60. The first-order valence-electron chi connectivity index (χ1n) is 7.90. The largest absolute Gasteiger partial charge is 0.420 e. The summed E-state index contributed by atoms with van der Waals surface area (Å²) < 4.78 is 6.31. The Morgan fingerprint density at radius 3 is 2.38 bits per heavy atom. The minimum Gasteiger partial charge on any atom is -0.408 e. The lowest BCUT2D eigenvalue weighted by Crippen LogP contribution is -2.24. The molecular weight excluding hydrogens is 336 g/mol. The van der Waals surface area contributed by atoms with Gasteiger partial charge in [-0.25, -0.2) is 4.79 Å². The predicted octanol–water partition coefficient (Wildman–Crippen LogP) is 2.64. The van der Waals surface area contributed by atoms with Gasteiger partial charge in [0.1, 0.15) is 6.54 Å². The molecule has 2 aromatic carbocycles. The minimum absolute atomic E-state index is 0.112. The highest BCUT2D eigenvalue weighted by Gasteiger charge is 2.14. The summed E-state index contributed by atoms with van der Waals surface area (Å²) in [4.78, 5) is 47.2. The summed E-state index contributed by atoms with van der Waals surface area (Å²) in [7, 11) is 0. The Kier molecular flexibility index (Phi) is 4.53. The fourth-order valence-electron chi connectivity index (χ4n) is 2.60. The third-order valence-electron chi connectivity index (χ3n) is 3.93. The van der Waals surface area contributed by atoms with Gasteiger partial charge in [0.15, 0.2) is 17.1 Å². The van der Waals surface area contributed by atoms with Crippen molar-refractivity contribution in [3.8, 4) is 0 Å². The molecule has 0 aliphatic rings. The van der Waals surface area contributed by atoms with Crippen LogP contribution in [0, 0.1) is 0 Å². The van der Waals surface area contributed by atoms with E-state index in [1.54, 1.807) is 36.4 Å². The zero-order chi connectivity index (χ0) is 18.8. The van der Waals surface area contributed by atoms with Gasteiger partial charge in [0, 0.05) is 16.8 Å². The number of oxazole rings is 1. The number of rotatable bonds is 5. The molecule has 0 atom stereocenters. The number of amides is 1. The maximum Gasteiger partial charge on any atom is 0.420 e. The number of nitrogens with zero attached hydrogens (tertiary/aromatic N) is 1. The van der Waals surface area contributed by atoms with Gasteiger partial charge in [0.05, 0.1) is 5.52 Å². The Hall–Kier alpha value is -3.48. The van der Waals surface area contributed by atoms with E-state index in [0.29, 0.717) is 22.3 Å². The molecule has 1 N–H and O–H groups in total. The third-order valence-corrected chi connectivity index (χ3v) is 3.93. The fourth-order valence-corrected chi connectivity index (χ4v) is 2.60. The van der Waals surface area contributed by atoms with Crippen LogP contribution in [-0.2, 0) is 11.3 Å². The van der Waals surface area contributed by atoms with E-state index in [1.807, 2.05) is 0 Å². The third kappa shape index (κ3) is 3.46. The molecule has 7 nitrogen and oxygen atoms in total. The number of Topliss-reactive ketones (excluding diaryl/α,β-unsaturated/α-hetero) is 2. The van der Waals surface area contributed by atoms with Crippen molar-refractivity contribution in [1.82, 2.24) is 4.57 Å². The summed E-state index contributed by atoms with van der Waals surface area (Å²) in [6.07, 6.45) is 0. The number of hydrogen-bond acceptors (Lipinski definition) is 5. The lowest BCUT2D eigenvalue weighted by molar-refractivity contribution is -0.116. The molecule has 0 radical (unpaired) electrons. The molecule has 1 amide bonds. The van der Waals surface area contributed by atoms with Gasteiger partial charge in [-0.05, 0) is 44.2 Å². The Morgan fingerprint density at radius 2 is 1.69 bits per heavy atom. The van der Waals surface area contributed by atoms with E-state index in [2.05, 4.69) is 5.32 Å². The van der Waals surface area contributed by atoms with E-state index in [4.69, 9.17) is 4.42 Å². The van der Waals surface area contributed by atoms with Gasteiger partial charge in [-0.2, -0.15) is 0 Å². The van der Waals surface area contributed by atoms with Crippen molar-refractivity contribution >= 4 is 34.3 Å². The molecule has 0 saturated carbocycles. The van der Waals surface area contributed by atoms with Crippen LogP contribution in [0.25, 0.3) is 11.1 Å². The predicted molar refractivity (Wildman–Crippen MR) is 95.6 cm³/mol. The van der Waals surface area contributed by atoms with Gasteiger partial charge in [0.25, 0.3) is 0 Å². The van der Waals surface area contributed by atoms with Crippen LogP contribution < -0.4 is 11.1 Å². The van der Waals surface area contributed by atoms with Gasteiger partial charge in [-0.1, -0.05) is 12.1 Å². The zero-order valence-electron chi connectivity index (χ0n) is 14.2. The van der Waals surface area contributed by atoms with Crippen LogP contribution in [0.15, 0.2) is 51.7 Å². The number of benzene rings is 2. The molecule has 0 spiro atoms. The van der Waals surface area contributed by atoms with Crippen molar-refractivity contribution in [2.75, 3.05) is 5.32 Å². The van der Waals surface area contributed by atoms with Crippen LogP contribution in [0.4, 0.5) is 5.69 Å². The molecule has 26 heavy (non-hydrogen) atoms. The molecule has 1 heterocycles.